The molecule has 2 aromatic heterocycles. The Morgan fingerprint density at radius 2 is 2.09 bits per heavy atom. The molecule has 1 saturated carbocycles. The van der Waals surface area contributed by atoms with E-state index in [0.717, 1.165) is 31.4 Å². The molecule has 1 unspecified atom stereocenters. The normalized spacial score (nSPS) is 24.4. The Kier molecular flexibility index (Phi) is 6.60. The molecule has 1 aliphatic heterocycles. The van der Waals surface area contributed by atoms with Gasteiger partial charge in [-0.2, -0.15) is 5.10 Å². The number of carbonyl (C=O) groups is 3. The van der Waals surface area contributed by atoms with Crippen LogP contribution in [-0.2, 0) is 22.6 Å². The Bertz CT molecular complexity index is 1110. The number of nitrogens with one attached hydrogen (secondary N) is 1. The quantitative estimate of drug-likeness (QED) is 0.667. The number of likely N-dealkylation sites (tertiary alicyclic amines) is 1. The fraction of sp³-hybridized carbons (Fsp3) is 0.625. The van der Waals surface area contributed by atoms with Crippen molar-refractivity contribution in [1.29, 1.82) is 0 Å². The molecule has 10 heteroatoms. The molecule has 3 atom stereocenters. The van der Waals surface area contributed by atoms with Crippen LogP contribution in [0.25, 0.3) is 10.9 Å². The molecule has 0 radical (unpaired) electrons. The minimum Gasteiger partial charge on any atom is -0.364 e. The van der Waals surface area contributed by atoms with Crippen LogP contribution in [0.4, 0.5) is 4.39 Å². The molecular formula is C24H33FN6O3. The van der Waals surface area contributed by atoms with Crippen LogP contribution in [0.15, 0.2) is 12.3 Å². The van der Waals surface area contributed by atoms with E-state index in [4.69, 9.17) is 5.73 Å². The topological polar surface area (TPSA) is 123 Å². The van der Waals surface area contributed by atoms with E-state index in [2.05, 4.69) is 29.2 Å². The van der Waals surface area contributed by atoms with E-state index in [-0.39, 0.29) is 42.6 Å². The largest absolute Gasteiger partial charge is 0.364 e. The Morgan fingerprint density at radius 3 is 2.76 bits per heavy atom. The fourth-order valence-corrected chi connectivity index (χ4v) is 5.26. The summed E-state index contributed by atoms with van der Waals surface area (Å²) in [6.07, 6.45) is 4.81. The standard InChI is InChI=1S/C24H33FN6O3/c1-4-15-9-17-19(11-27-15)31(29-21(17)22(26)33)13-20(32)30-12-14(25)8-18(30)23(34)28-16-6-5-7-24(2,3)10-16/h9,11,14,16,18H,4-8,10,12-13H2,1-3H3,(H2,26,33)(H,28,34)/t14-,16?,18+/m1/s1. The number of hydrogen-bond donors (Lipinski definition) is 2. The van der Waals surface area contributed by atoms with Crippen molar-refractivity contribution < 1.29 is 18.8 Å². The van der Waals surface area contributed by atoms with Crippen molar-refractivity contribution in [1.82, 2.24) is 25.0 Å². The smallest absolute Gasteiger partial charge is 0.269 e. The maximum atomic E-state index is 14.4. The Labute approximate surface area is 198 Å². The zero-order valence-electron chi connectivity index (χ0n) is 20.0. The number of hydrogen-bond acceptors (Lipinski definition) is 5. The first-order chi connectivity index (χ1) is 16.1. The first kappa shape index (κ1) is 24.1. The van der Waals surface area contributed by atoms with E-state index < -0.39 is 24.0 Å². The Hall–Kier alpha value is -3.04. The Morgan fingerprint density at radius 1 is 1.32 bits per heavy atom. The fourth-order valence-electron chi connectivity index (χ4n) is 5.26. The number of pyridine rings is 1. The number of primary amides is 1. The molecule has 2 aromatic rings. The van der Waals surface area contributed by atoms with Gasteiger partial charge in [0.1, 0.15) is 18.8 Å². The van der Waals surface area contributed by atoms with Gasteiger partial charge in [0, 0.05) is 23.5 Å². The number of aryl methyl sites for hydroxylation is 1. The molecule has 3 amide bonds. The third-order valence-corrected chi connectivity index (χ3v) is 7.00. The van der Waals surface area contributed by atoms with Gasteiger partial charge in [0.25, 0.3) is 5.91 Å². The summed E-state index contributed by atoms with van der Waals surface area (Å²) in [6.45, 7) is 5.91. The highest BCUT2D eigenvalue weighted by Gasteiger charge is 2.41. The van der Waals surface area contributed by atoms with Gasteiger partial charge >= 0.3 is 0 Å². The van der Waals surface area contributed by atoms with Crippen LogP contribution in [0.3, 0.4) is 0 Å². The average Bonchev–Trinajstić information content (AvgIpc) is 3.33. The van der Waals surface area contributed by atoms with Gasteiger partial charge in [-0.15, -0.1) is 0 Å². The number of alkyl halides is 1. The van der Waals surface area contributed by atoms with E-state index >= 15 is 0 Å². The summed E-state index contributed by atoms with van der Waals surface area (Å²) in [5.41, 5.74) is 6.95. The number of fused-ring (bicyclic) bond motifs is 1. The first-order valence-electron chi connectivity index (χ1n) is 12.0. The average molecular weight is 473 g/mol. The van der Waals surface area contributed by atoms with Gasteiger partial charge in [0.05, 0.1) is 18.3 Å². The molecule has 0 aromatic carbocycles. The lowest BCUT2D eigenvalue weighted by Gasteiger charge is -2.36. The molecular weight excluding hydrogens is 439 g/mol. The molecule has 0 bridgehead atoms. The number of amides is 3. The molecule has 9 nitrogen and oxygen atoms in total. The van der Waals surface area contributed by atoms with E-state index in [0.29, 0.717) is 17.3 Å². The van der Waals surface area contributed by atoms with Crippen LogP contribution in [-0.4, -0.2) is 62.2 Å². The van der Waals surface area contributed by atoms with Crippen LogP contribution in [0.2, 0.25) is 0 Å². The summed E-state index contributed by atoms with van der Waals surface area (Å²) < 4.78 is 15.7. The summed E-state index contributed by atoms with van der Waals surface area (Å²) in [4.78, 5) is 43.8. The second-order valence-corrected chi connectivity index (χ2v) is 10.3. The summed E-state index contributed by atoms with van der Waals surface area (Å²) in [5, 5.41) is 7.81. The zero-order chi connectivity index (χ0) is 24.6. The lowest BCUT2D eigenvalue weighted by Crippen LogP contribution is -2.50. The first-order valence-corrected chi connectivity index (χ1v) is 12.0. The molecule has 1 aliphatic carbocycles. The van der Waals surface area contributed by atoms with Crippen molar-refractivity contribution in [3.8, 4) is 0 Å². The maximum absolute atomic E-state index is 14.4. The van der Waals surface area contributed by atoms with Crippen molar-refractivity contribution in [2.75, 3.05) is 6.54 Å². The molecule has 3 N–H and O–H groups in total. The highest BCUT2D eigenvalue weighted by atomic mass is 19.1. The third kappa shape index (κ3) is 4.90. The molecule has 1 saturated heterocycles. The lowest BCUT2D eigenvalue weighted by atomic mass is 9.75. The molecule has 4 rings (SSSR count). The van der Waals surface area contributed by atoms with Crippen molar-refractivity contribution in [2.24, 2.45) is 11.1 Å². The van der Waals surface area contributed by atoms with Crippen molar-refractivity contribution in [3.63, 3.8) is 0 Å². The highest BCUT2D eigenvalue weighted by Crippen LogP contribution is 2.35. The Balaban J connectivity index is 1.52. The van der Waals surface area contributed by atoms with Gasteiger partial charge < -0.3 is 16.0 Å². The van der Waals surface area contributed by atoms with Crippen LogP contribution >= 0.6 is 0 Å². The van der Waals surface area contributed by atoms with Crippen molar-refractivity contribution >= 4 is 28.6 Å². The zero-order valence-corrected chi connectivity index (χ0v) is 20.0. The summed E-state index contributed by atoms with van der Waals surface area (Å²) >= 11 is 0. The number of rotatable bonds is 6. The summed E-state index contributed by atoms with van der Waals surface area (Å²) in [6, 6.07) is 0.896. The van der Waals surface area contributed by atoms with Gasteiger partial charge in [-0.25, -0.2) is 4.39 Å². The lowest BCUT2D eigenvalue weighted by molar-refractivity contribution is -0.139. The van der Waals surface area contributed by atoms with E-state index in [1.165, 1.54) is 9.58 Å². The molecule has 0 spiro atoms. The van der Waals surface area contributed by atoms with Crippen LogP contribution < -0.4 is 11.1 Å². The minimum atomic E-state index is -1.27. The molecule has 184 valence electrons. The number of carbonyl (C=O) groups excluding carboxylic acids is 3. The van der Waals surface area contributed by atoms with E-state index in [1.54, 1.807) is 12.3 Å². The SMILES string of the molecule is CCc1cc2c(C(N)=O)nn(CC(=O)N3C[C@H](F)C[C@H]3C(=O)NC3CCCC(C)(C)C3)c2cn1. The molecule has 34 heavy (non-hydrogen) atoms. The summed E-state index contributed by atoms with van der Waals surface area (Å²) in [7, 11) is 0. The van der Waals surface area contributed by atoms with Gasteiger partial charge in [-0.3, -0.25) is 24.0 Å². The van der Waals surface area contributed by atoms with E-state index in [1.807, 2.05) is 6.92 Å². The predicted octanol–water partition coefficient (Wildman–Crippen LogP) is 2.12. The maximum Gasteiger partial charge on any atom is 0.269 e. The van der Waals surface area contributed by atoms with E-state index in [9.17, 15) is 18.8 Å². The number of aromatic nitrogens is 3. The number of nitrogens with zero attached hydrogens (tertiary/aromatic N) is 4. The van der Waals surface area contributed by atoms with Crippen LogP contribution in [0, 0.1) is 5.41 Å². The van der Waals surface area contributed by atoms with Crippen molar-refractivity contribution in [3.05, 3.63) is 23.7 Å². The minimum absolute atomic E-state index is 0.0263. The summed E-state index contributed by atoms with van der Waals surface area (Å²) in [5.74, 6) is -1.46. The van der Waals surface area contributed by atoms with Crippen molar-refractivity contribution in [2.45, 2.75) is 84.1 Å². The molecule has 2 fully saturated rings. The van der Waals surface area contributed by atoms with Gasteiger partial charge in [0.2, 0.25) is 11.8 Å². The van der Waals surface area contributed by atoms with Gasteiger partial charge in [-0.05, 0) is 37.2 Å². The predicted molar refractivity (Wildman–Crippen MR) is 125 cm³/mol. The number of nitrogens with two attached hydrogens (primary N) is 1. The van der Waals surface area contributed by atoms with Gasteiger partial charge in [-0.1, -0.05) is 27.2 Å². The highest BCUT2D eigenvalue weighted by molar-refractivity contribution is 6.04. The third-order valence-electron chi connectivity index (χ3n) is 7.00. The molecule has 3 heterocycles. The second kappa shape index (κ2) is 9.31. The van der Waals surface area contributed by atoms with Crippen LogP contribution in [0.5, 0.6) is 0 Å². The second-order valence-electron chi connectivity index (χ2n) is 10.3. The monoisotopic (exact) mass is 472 g/mol. The molecule has 2 aliphatic rings. The number of halogens is 1. The van der Waals surface area contributed by atoms with Crippen LogP contribution in [0.1, 0.15) is 69.1 Å². The van der Waals surface area contributed by atoms with Gasteiger partial charge in [0.15, 0.2) is 5.69 Å².